The summed E-state index contributed by atoms with van der Waals surface area (Å²) in [6.07, 6.45) is 3.41. The van der Waals surface area contributed by atoms with Gasteiger partial charge in [0.05, 0.1) is 28.8 Å². The van der Waals surface area contributed by atoms with Crippen molar-refractivity contribution < 1.29 is 4.79 Å². The quantitative estimate of drug-likeness (QED) is 0.500. The maximum atomic E-state index is 13.1. The van der Waals surface area contributed by atoms with Crippen LogP contribution < -0.4 is 4.90 Å². The zero-order valence-electron chi connectivity index (χ0n) is 17.8. The summed E-state index contributed by atoms with van der Waals surface area (Å²) in [4.78, 5) is 21.5. The molecule has 5 rings (SSSR count). The van der Waals surface area contributed by atoms with Crippen LogP contribution in [0.15, 0.2) is 73.1 Å². The van der Waals surface area contributed by atoms with Gasteiger partial charge in [-0.1, -0.05) is 24.3 Å². The largest absolute Gasteiger partial charge is 0.352 e. The van der Waals surface area contributed by atoms with E-state index < -0.39 is 0 Å². The number of hydrogen-bond donors (Lipinski definition) is 0. The zero-order chi connectivity index (χ0) is 21.9. The van der Waals surface area contributed by atoms with Crippen molar-refractivity contribution in [2.75, 3.05) is 31.1 Å². The van der Waals surface area contributed by atoms with Crippen molar-refractivity contribution in [2.45, 2.75) is 6.92 Å². The number of hydrogen-bond acceptors (Lipinski definition) is 6. The van der Waals surface area contributed by atoms with E-state index in [0.717, 1.165) is 28.6 Å². The lowest BCUT2D eigenvalue weighted by atomic mass is 10.2. The van der Waals surface area contributed by atoms with Crippen LogP contribution in [0.3, 0.4) is 0 Å². The van der Waals surface area contributed by atoms with Crippen LogP contribution in [0, 0.1) is 6.92 Å². The van der Waals surface area contributed by atoms with Crippen molar-refractivity contribution in [1.82, 2.24) is 29.9 Å². The summed E-state index contributed by atoms with van der Waals surface area (Å²) in [6, 6.07) is 19.5. The molecular weight excluding hydrogens is 402 g/mol. The molecule has 0 bridgehead atoms. The van der Waals surface area contributed by atoms with Crippen molar-refractivity contribution in [3.63, 3.8) is 0 Å². The van der Waals surface area contributed by atoms with Crippen LogP contribution in [-0.4, -0.2) is 61.9 Å². The van der Waals surface area contributed by atoms with Crippen molar-refractivity contribution in [3.8, 4) is 17.1 Å². The minimum atomic E-state index is 0.0147. The highest BCUT2D eigenvalue weighted by molar-refractivity contribution is 5.95. The molecule has 0 N–H and O–H groups in total. The Bertz CT molecular complexity index is 1200. The molecule has 0 unspecified atom stereocenters. The van der Waals surface area contributed by atoms with Gasteiger partial charge in [0.1, 0.15) is 5.69 Å². The second-order valence-corrected chi connectivity index (χ2v) is 7.66. The Morgan fingerprint density at radius 1 is 0.844 bits per heavy atom. The van der Waals surface area contributed by atoms with E-state index in [1.165, 1.54) is 0 Å². The van der Waals surface area contributed by atoms with E-state index in [2.05, 4.69) is 25.2 Å². The molecule has 1 aliphatic rings. The van der Waals surface area contributed by atoms with E-state index in [4.69, 9.17) is 0 Å². The number of anilines is 1. The summed E-state index contributed by atoms with van der Waals surface area (Å²) < 4.78 is 1.81. The summed E-state index contributed by atoms with van der Waals surface area (Å²) >= 11 is 0. The monoisotopic (exact) mass is 425 g/mol. The fourth-order valence-corrected chi connectivity index (χ4v) is 3.90. The van der Waals surface area contributed by atoms with Crippen LogP contribution in [0.25, 0.3) is 17.1 Å². The van der Waals surface area contributed by atoms with Gasteiger partial charge in [-0.15, -0.1) is 10.2 Å². The first-order valence-electron chi connectivity index (χ1n) is 10.6. The maximum Gasteiger partial charge on any atom is 0.257 e. The van der Waals surface area contributed by atoms with Gasteiger partial charge < -0.3 is 9.80 Å². The summed E-state index contributed by atoms with van der Waals surface area (Å²) in [5, 5.41) is 13.1. The highest BCUT2D eigenvalue weighted by atomic mass is 16.2. The van der Waals surface area contributed by atoms with Crippen LogP contribution in [0.2, 0.25) is 0 Å². The molecule has 8 heteroatoms. The molecule has 1 aliphatic heterocycles. The molecule has 160 valence electrons. The molecule has 4 heterocycles. The molecule has 1 fully saturated rings. The highest BCUT2D eigenvalue weighted by Gasteiger charge is 2.26. The third-order valence-corrected chi connectivity index (χ3v) is 5.71. The number of carbonyl (C=O) groups excluding carboxylic acids is 1. The van der Waals surface area contributed by atoms with Crippen LogP contribution >= 0.6 is 0 Å². The Kier molecular flexibility index (Phi) is 5.33. The van der Waals surface area contributed by atoms with Crippen LogP contribution in [0.5, 0.6) is 0 Å². The molecule has 1 saturated heterocycles. The van der Waals surface area contributed by atoms with Gasteiger partial charge in [-0.2, -0.15) is 5.10 Å². The SMILES string of the molecule is Cc1c(C(=O)N2CCN(c3ccc(-c4ccccn4)nn3)CC2)cnn1-c1ccccc1. The van der Waals surface area contributed by atoms with Gasteiger partial charge in [-0.25, -0.2) is 4.68 Å². The van der Waals surface area contributed by atoms with Crippen LogP contribution in [0.1, 0.15) is 16.1 Å². The number of carbonyl (C=O) groups is 1. The first kappa shape index (κ1) is 19.9. The molecule has 1 amide bonds. The van der Waals surface area contributed by atoms with Gasteiger partial charge in [0.15, 0.2) is 5.82 Å². The van der Waals surface area contributed by atoms with E-state index >= 15 is 0 Å². The minimum absolute atomic E-state index is 0.0147. The highest BCUT2D eigenvalue weighted by Crippen LogP contribution is 2.20. The molecule has 0 aliphatic carbocycles. The normalized spacial score (nSPS) is 13.9. The first-order chi connectivity index (χ1) is 15.7. The molecule has 0 spiro atoms. The molecule has 0 radical (unpaired) electrons. The predicted molar refractivity (Wildman–Crippen MR) is 122 cm³/mol. The summed E-state index contributed by atoms with van der Waals surface area (Å²) in [5.41, 5.74) is 3.98. The molecule has 1 aromatic carbocycles. The smallest absolute Gasteiger partial charge is 0.257 e. The summed E-state index contributed by atoms with van der Waals surface area (Å²) in [5.74, 6) is 0.825. The van der Waals surface area contributed by atoms with Gasteiger partial charge in [-0.3, -0.25) is 9.78 Å². The molecule has 4 aromatic rings. The number of nitrogens with zero attached hydrogens (tertiary/aromatic N) is 7. The zero-order valence-corrected chi connectivity index (χ0v) is 17.8. The Labute approximate surface area is 186 Å². The standard InChI is InChI=1S/C24H23N7O/c1-18-20(17-26-31(18)19-7-3-2-4-8-19)24(32)30-15-13-29(14-16-30)23-11-10-22(27-28-23)21-9-5-6-12-25-21/h2-12,17H,13-16H2,1H3. The molecule has 0 saturated carbocycles. The van der Waals surface area contributed by atoms with Gasteiger partial charge in [-0.05, 0) is 43.3 Å². The Morgan fingerprint density at radius 2 is 1.62 bits per heavy atom. The Morgan fingerprint density at radius 3 is 2.31 bits per heavy atom. The first-order valence-corrected chi connectivity index (χ1v) is 10.6. The average Bonchev–Trinajstić information content (AvgIpc) is 3.26. The lowest BCUT2D eigenvalue weighted by molar-refractivity contribution is 0.0745. The number of para-hydroxylation sites is 1. The van der Waals surface area contributed by atoms with Crippen molar-refractivity contribution >= 4 is 11.7 Å². The third-order valence-electron chi connectivity index (χ3n) is 5.71. The second-order valence-electron chi connectivity index (χ2n) is 7.66. The fraction of sp³-hybridized carbons (Fsp3) is 0.208. The van der Waals surface area contributed by atoms with Gasteiger partial charge in [0, 0.05) is 32.4 Å². The number of aromatic nitrogens is 5. The van der Waals surface area contributed by atoms with Crippen molar-refractivity contribution in [1.29, 1.82) is 0 Å². The number of pyridine rings is 1. The van der Waals surface area contributed by atoms with Gasteiger partial charge in [0.2, 0.25) is 0 Å². The number of rotatable bonds is 4. The van der Waals surface area contributed by atoms with E-state index in [0.29, 0.717) is 31.7 Å². The molecule has 3 aromatic heterocycles. The predicted octanol–water partition coefficient (Wildman–Crippen LogP) is 3.00. The van der Waals surface area contributed by atoms with E-state index in [9.17, 15) is 4.79 Å². The third kappa shape index (κ3) is 3.82. The second kappa shape index (κ2) is 8.58. The molecule has 8 nitrogen and oxygen atoms in total. The van der Waals surface area contributed by atoms with Gasteiger partial charge in [0.25, 0.3) is 5.91 Å². The van der Waals surface area contributed by atoms with Crippen molar-refractivity contribution in [2.24, 2.45) is 0 Å². The topological polar surface area (TPSA) is 80.0 Å². The molecule has 32 heavy (non-hydrogen) atoms. The van der Waals surface area contributed by atoms with Crippen LogP contribution in [0.4, 0.5) is 5.82 Å². The summed E-state index contributed by atoms with van der Waals surface area (Å²) in [7, 11) is 0. The summed E-state index contributed by atoms with van der Waals surface area (Å²) in [6.45, 7) is 4.59. The molecule has 0 atom stereocenters. The number of piperazine rings is 1. The van der Waals surface area contributed by atoms with Crippen molar-refractivity contribution in [3.05, 3.63) is 84.3 Å². The molecular formula is C24H23N7O. The number of benzene rings is 1. The lowest BCUT2D eigenvalue weighted by Crippen LogP contribution is -2.49. The van der Waals surface area contributed by atoms with E-state index in [1.54, 1.807) is 12.4 Å². The number of amides is 1. The van der Waals surface area contributed by atoms with E-state index in [-0.39, 0.29) is 5.91 Å². The maximum absolute atomic E-state index is 13.1. The lowest BCUT2D eigenvalue weighted by Gasteiger charge is -2.35. The fourth-order valence-electron chi connectivity index (χ4n) is 3.90. The minimum Gasteiger partial charge on any atom is -0.352 e. The Balaban J connectivity index is 1.24. The van der Waals surface area contributed by atoms with E-state index in [1.807, 2.05) is 77.2 Å². The van der Waals surface area contributed by atoms with Gasteiger partial charge >= 0.3 is 0 Å². The Hall–Kier alpha value is -4.07. The van der Waals surface area contributed by atoms with Crippen LogP contribution in [-0.2, 0) is 0 Å². The average molecular weight is 425 g/mol.